The van der Waals surface area contributed by atoms with E-state index < -0.39 is 24.3 Å². The summed E-state index contributed by atoms with van der Waals surface area (Å²) in [6.07, 6.45) is -3.03. The Labute approximate surface area is 206 Å². The number of nitrogens with one attached hydrogen (secondary N) is 2. The third kappa shape index (κ3) is 5.99. The molecule has 3 aromatic carbocycles. The van der Waals surface area contributed by atoms with E-state index in [0.29, 0.717) is 22.5 Å². The summed E-state index contributed by atoms with van der Waals surface area (Å²) < 4.78 is 50.1. The molecule has 7 nitrogen and oxygen atoms in total. The summed E-state index contributed by atoms with van der Waals surface area (Å²) >= 11 is 3.40. The third-order valence-corrected chi connectivity index (χ3v) is 5.41. The number of carbonyl (C=O) groups is 1. The SMILES string of the molecule is COc1cc2ncnc(Nc3ccc(Br)cc3)c2cc1OCC(=O)Nc1ccc(C(F)(F)F)cc1. The van der Waals surface area contributed by atoms with Crippen molar-refractivity contribution in [2.45, 2.75) is 6.18 Å². The molecule has 11 heteroatoms. The summed E-state index contributed by atoms with van der Waals surface area (Å²) in [6.45, 7) is -0.397. The monoisotopic (exact) mass is 546 g/mol. The number of alkyl halides is 3. The zero-order chi connectivity index (χ0) is 25.0. The number of aromatic nitrogens is 2. The van der Waals surface area contributed by atoms with Crippen LogP contribution in [0.1, 0.15) is 5.56 Å². The number of nitrogens with zero attached hydrogens (tertiary/aromatic N) is 2. The van der Waals surface area contributed by atoms with Crippen molar-refractivity contribution in [3.05, 3.63) is 77.0 Å². The van der Waals surface area contributed by atoms with E-state index in [1.54, 1.807) is 12.1 Å². The van der Waals surface area contributed by atoms with Crippen molar-refractivity contribution in [1.29, 1.82) is 0 Å². The largest absolute Gasteiger partial charge is 0.493 e. The molecule has 0 unspecified atom stereocenters. The fourth-order valence-electron chi connectivity index (χ4n) is 3.19. The van der Waals surface area contributed by atoms with Crippen LogP contribution >= 0.6 is 15.9 Å². The standard InChI is InChI=1S/C24H18BrF3N4O3/c1-34-20-11-19-18(23(30-13-29-19)32-17-8-4-15(25)5-9-17)10-21(20)35-12-22(33)31-16-6-2-14(3-7-16)24(26,27)28/h2-11,13H,12H2,1H3,(H,31,33)(H,29,30,32). The van der Waals surface area contributed by atoms with Crippen molar-refractivity contribution in [2.24, 2.45) is 0 Å². The van der Waals surface area contributed by atoms with Gasteiger partial charge in [0, 0.05) is 27.3 Å². The number of hydrogen-bond acceptors (Lipinski definition) is 6. The number of rotatable bonds is 7. The lowest BCUT2D eigenvalue weighted by molar-refractivity contribution is -0.137. The molecule has 0 aliphatic rings. The first kappa shape index (κ1) is 24.3. The molecule has 4 aromatic rings. The number of amides is 1. The predicted molar refractivity (Wildman–Crippen MR) is 129 cm³/mol. The van der Waals surface area contributed by atoms with Crippen LogP contribution in [0.3, 0.4) is 0 Å². The number of anilines is 3. The van der Waals surface area contributed by atoms with Gasteiger partial charge in [0.05, 0.1) is 18.2 Å². The quantitative estimate of drug-likeness (QED) is 0.288. The van der Waals surface area contributed by atoms with Crippen LogP contribution in [-0.2, 0) is 11.0 Å². The minimum Gasteiger partial charge on any atom is -0.493 e. The molecule has 0 aliphatic heterocycles. The number of hydrogen-bond donors (Lipinski definition) is 2. The maximum Gasteiger partial charge on any atom is 0.416 e. The molecule has 0 spiro atoms. The molecular formula is C24H18BrF3N4O3. The van der Waals surface area contributed by atoms with E-state index in [9.17, 15) is 18.0 Å². The molecule has 0 bridgehead atoms. The van der Waals surface area contributed by atoms with Gasteiger partial charge >= 0.3 is 6.18 Å². The Morgan fingerprint density at radius 3 is 2.31 bits per heavy atom. The van der Waals surface area contributed by atoms with Crippen LogP contribution < -0.4 is 20.1 Å². The smallest absolute Gasteiger partial charge is 0.416 e. The summed E-state index contributed by atoms with van der Waals surface area (Å²) in [5, 5.41) is 6.36. The predicted octanol–water partition coefficient (Wildman–Crippen LogP) is 6.18. The van der Waals surface area contributed by atoms with Gasteiger partial charge in [0.1, 0.15) is 12.1 Å². The lowest BCUT2D eigenvalue weighted by Gasteiger charge is -2.14. The minimum absolute atomic E-state index is 0.214. The molecule has 0 radical (unpaired) electrons. The van der Waals surface area contributed by atoms with E-state index in [1.165, 1.54) is 25.6 Å². The van der Waals surface area contributed by atoms with E-state index in [1.807, 2.05) is 24.3 Å². The maximum absolute atomic E-state index is 12.7. The van der Waals surface area contributed by atoms with Gasteiger partial charge in [0.2, 0.25) is 0 Å². The van der Waals surface area contributed by atoms with Crippen LogP contribution in [0.5, 0.6) is 11.5 Å². The highest BCUT2D eigenvalue weighted by Crippen LogP contribution is 2.35. The molecule has 0 fully saturated rings. The molecule has 1 amide bonds. The molecular weight excluding hydrogens is 529 g/mol. The van der Waals surface area contributed by atoms with Gasteiger partial charge < -0.3 is 20.1 Å². The van der Waals surface area contributed by atoms with Gasteiger partial charge in [0.25, 0.3) is 5.91 Å². The highest BCUT2D eigenvalue weighted by atomic mass is 79.9. The van der Waals surface area contributed by atoms with Crippen molar-refractivity contribution >= 4 is 49.9 Å². The fourth-order valence-corrected chi connectivity index (χ4v) is 3.45. The zero-order valence-corrected chi connectivity index (χ0v) is 19.8. The topological polar surface area (TPSA) is 85.4 Å². The molecule has 180 valence electrons. The van der Waals surface area contributed by atoms with Crippen molar-refractivity contribution in [3.63, 3.8) is 0 Å². The van der Waals surface area contributed by atoms with Gasteiger partial charge in [-0.2, -0.15) is 13.2 Å². The number of methoxy groups -OCH3 is 1. The van der Waals surface area contributed by atoms with Crippen LogP contribution in [0.15, 0.2) is 71.5 Å². The van der Waals surface area contributed by atoms with Crippen LogP contribution in [0.25, 0.3) is 10.9 Å². The van der Waals surface area contributed by atoms with Crippen LogP contribution in [0.2, 0.25) is 0 Å². The number of carbonyl (C=O) groups excluding carboxylic acids is 1. The number of halogens is 4. The number of fused-ring (bicyclic) bond motifs is 1. The van der Waals surface area contributed by atoms with Crippen molar-refractivity contribution in [1.82, 2.24) is 9.97 Å². The molecule has 0 atom stereocenters. The van der Waals surface area contributed by atoms with E-state index in [2.05, 4.69) is 36.5 Å². The van der Waals surface area contributed by atoms with Crippen LogP contribution in [-0.4, -0.2) is 29.6 Å². The fraction of sp³-hybridized carbons (Fsp3) is 0.125. The Morgan fingerprint density at radius 1 is 0.971 bits per heavy atom. The maximum atomic E-state index is 12.7. The molecule has 2 N–H and O–H groups in total. The highest BCUT2D eigenvalue weighted by Gasteiger charge is 2.30. The van der Waals surface area contributed by atoms with Crippen molar-refractivity contribution < 1.29 is 27.4 Å². The average molecular weight is 547 g/mol. The number of benzene rings is 3. The molecule has 0 aliphatic carbocycles. The Bertz CT molecular complexity index is 1350. The van der Waals surface area contributed by atoms with Gasteiger partial charge in [-0.05, 0) is 54.6 Å². The Balaban J connectivity index is 1.50. The first-order valence-electron chi connectivity index (χ1n) is 10.2. The molecule has 0 saturated heterocycles. The number of ether oxygens (including phenoxy) is 2. The average Bonchev–Trinajstić information content (AvgIpc) is 2.83. The van der Waals surface area contributed by atoms with Gasteiger partial charge in [-0.15, -0.1) is 0 Å². The van der Waals surface area contributed by atoms with Crippen LogP contribution in [0, 0.1) is 0 Å². The normalized spacial score (nSPS) is 11.2. The highest BCUT2D eigenvalue weighted by molar-refractivity contribution is 9.10. The van der Waals surface area contributed by atoms with Gasteiger partial charge in [-0.3, -0.25) is 4.79 Å². The Morgan fingerprint density at radius 2 is 1.66 bits per heavy atom. The lowest BCUT2D eigenvalue weighted by Crippen LogP contribution is -2.20. The molecule has 4 rings (SSSR count). The first-order valence-corrected chi connectivity index (χ1v) is 11.0. The summed E-state index contributed by atoms with van der Waals surface area (Å²) in [5.74, 6) is 0.604. The third-order valence-electron chi connectivity index (χ3n) is 4.88. The second-order valence-electron chi connectivity index (χ2n) is 7.29. The summed E-state index contributed by atoms with van der Waals surface area (Å²) in [5.41, 5.74) is 0.814. The van der Waals surface area contributed by atoms with E-state index in [4.69, 9.17) is 9.47 Å². The second kappa shape index (κ2) is 10.2. The summed E-state index contributed by atoms with van der Waals surface area (Å²) in [6, 6.07) is 15.0. The van der Waals surface area contributed by atoms with Crippen LogP contribution in [0.4, 0.5) is 30.4 Å². The van der Waals surface area contributed by atoms with Gasteiger partial charge in [0.15, 0.2) is 18.1 Å². The van der Waals surface area contributed by atoms with Crippen molar-refractivity contribution in [3.8, 4) is 11.5 Å². The first-order chi connectivity index (χ1) is 16.7. The zero-order valence-electron chi connectivity index (χ0n) is 18.2. The molecule has 35 heavy (non-hydrogen) atoms. The minimum atomic E-state index is -4.45. The van der Waals surface area contributed by atoms with Crippen molar-refractivity contribution in [2.75, 3.05) is 24.4 Å². The summed E-state index contributed by atoms with van der Waals surface area (Å²) in [7, 11) is 1.46. The molecule has 0 saturated carbocycles. The Hall–Kier alpha value is -3.86. The van der Waals surface area contributed by atoms with E-state index in [0.717, 1.165) is 22.3 Å². The van der Waals surface area contributed by atoms with Gasteiger partial charge in [-0.1, -0.05) is 15.9 Å². The molecule has 1 aromatic heterocycles. The lowest BCUT2D eigenvalue weighted by atomic mass is 10.2. The second-order valence-corrected chi connectivity index (χ2v) is 8.20. The summed E-state index contributed by atoms with van der Waals surface area (Å²) in [4.78, 5) is 20.9. The molecule has 1 heterocycles. The van der Waals surface area contributed by atoms with E-state index >= 15 is 0 Å². The van der Waals surface area contributed by atoms with Gasteiger partial charge in [-0.25, -0.2) is 9.97 Å². The van der Waals surface area contributed by atoms with E-state index in [-0.39, 0.29) is 11.4 Å². The Kier molecular flexibility index (Phi) is 7.06.